The largest absolute Gasteiger partial charge is 0.496 e. The van der Waals surface area contributed by atoms with Crippen molar-refractivity contribution in [2.24, 2.45) is 5.73 Å². The van der Waals surface area contributed by atoms with Crippen LogP contribution in [0.4, 0.5) is 0 Å². The number of nitrogens with one attached hydrogen (secondary N) is 1. The summed E-state index contributed by atoms with van der Waals surface area (Å²) in [7, 11) is 1.58. The number of halogens is 2. The maximum absolute atomic E-state index is 7.55. The van der Waals surface area contributed by atoms with Crippen molar-refractivity contribution in [1.29, 1.82) is 5.41 Å². The number of nitrogen functional groups attached to an aromatic ring is 1. The first-order chi connectivity index (χ1) is 10.0. The van der Waals surface area contributed by atoms with Gasteiger partial charge in [0.25, 0.3) is 0 Å². The summed E-state index contributed by atoms with van der Waals surface area (Å²) in [5.41, 5.74) is 6.81. The highest BCUT2D eigenvalue weighted by Crippen LogP contribution is 2.27. The SMILES string of the molecule is COc1ccc(Cl)cc1COc1cc(Cl)ccc1C(=N)N. The normalized spacial score (nSPS) is 10.2. The van der Waals surface area contributed by atoms with Gasteiger partial charge in [0.05, 0.1) is 12.7 Å². The highest BCUT2D eigenvalue weighted by molar-refractivity contribution is 6.31. The lowest BCUT2D eigenvalue weighted by molar-refractivity contribution is 0.296. The maximum atomic E-state index is 7.55. The van der Waals surface area contributed by atoms with E-state index in [4.69, 9.17) is 43.8 Å². The van der Waals surface area contributed by atoms with E-state index in [1.54, 1.807) is 43.5 Å². The molecule has 0 amide bonds. The molecule has 4 nitrogen and oxygen atoms in total. The van der Waals surface area contributed by atoms with Crippen molar-refractivity contribution in [3.8, 4) is 11.5 Å². The van der Waals surface area contributed by atoms with Crippen LogP contribution in [-0.2, 0) is 6.61 Å². The van der Waals surface area contributed by atoms with Crippen molar-refractivity contribution in [1.82, 2.24) is 0 Å². The quantitative estimate of drug-likeness (QED) is 0.648. The Bertz CT molecular complexity index is 675. The second kappa shape index (κ2) is 6.70. The van der Waals surface area contributed by atoms with Crippen LogP contribution < -0.4 is 15.2 Å². The predicted octanol–water partition coefficient (Wildman–Crippen LogP) is 3.87. The van der Waals surface area contributed by atoms with Crippen molar-refractivity contribution in [3.05, 3.63) is 57.6 Å². The Morgan fingerprint density at radius 2 is 1.76 bits per heavy atom. The van der Waals surface area contributed by atoms with Crippen LogP contribution in [0.2, 0.25) is 10.0 Å². The van der Waals surface area contributed by atoms with Crippen LogP contribution in [0.25, 0.3) is 0 Å². The number of amidine groups is 1. The molecule has 21 heavy (non-hydrogen) atoms. The van der Waals surface area contributed by atoms with E-state index < -0.39 is 0 Å². The van der Waals surface area contributed by atoms with Gasteiger partial charge < -0.3 is 15.2 Å². The first kappa shape index (κ1) is 15.5. The number of ether oxygens (including phenoxy) is 2. The van der Waals surface area contributed by atoms with Gasteiger partial charge in [-0.15, -0.1) is 0 Å². The van der Waals surface area contributed by atoms with Crippen LogP contribution in [0.3, 0.4) is 0 Å². The lowest BCUT2D eigenvalue weighted by Gasteiger charge is -2.13. The second-order valence-corrected chi connectivity index (χ2v) is 5.17. The summed E-state index contributed by atoms with van der Waals surface area (Å²) < 4.78 is 11.0. The van der Waals surface area contributed by atoms with Gasteiger partial charge in [0.15, 0.2) is 0 Å². The van der Waals surface area contributed by atoms with E-state index in [0.29, 0.717) is 27.1 Å². The average Bonchev–Trinajstić information content (AvgIpc) is 2.45. The minimum absolute atomic E-state index is 0.0836. The van der Waals surface area contributed by atoms with Crippen molar-refractivity contribution in [2.45, 2.75) is 6.61 Å². The van der Waals surface area contributed by atoms with Crippen molar-refractivity contribution in [2.75, 3.05) is 7.11 Å². The molecule has 0 saturated carbocycles. The van der Waals surface area contributed by atoms with E-state index in [1.807, 2.05) is 0 Å². The molecule has 0 aliphatic carbocycles. The van der Waals surface area contributed by atoms with Gasteiger partial charge in [0.1, 0.15) is 23.9 Å². The Morgan fingerprint density at radius 1 is 1.10 bits per heavy atom. The van der Waals surface area contributed by atoms with E-state index in [0.717, 1.165) is 5.56 Å². The van der Waals surface area contributed by atoms with Crippen molar-refractivity contribution >= 4 is 29.0 Å². The molecule has 0 fully saturated rings. The Kier molecular flexibility index (Phi) is 4.94. The van der Waals surface area contributed by atoms with Crippen LogP contribution in [0.15, 0.2) is 36.4 Å². The van der Waals surface area contributed by atoms with E-state index >= 15 is 0 Å². The molecule has 6 heteroatoms. The van der Waals surface area contributed by atoms with Gasteiger partial charge in [-0.25, -0.2) is 0 Å². The number of rotatable bonds is 5. The molecule has 2 aromatic rings. The molecule has 0 bridgehead atoms. The van der Waals surface area contributed by atoms with Gasteiger partial charge in [-0.1, -0.05) is 23.2 Å². The van der Waals surface area contributed by atoms with E-state index in [1.165, 1.54) is 0 Å². The van der Waals surface area contributed by atoms with Gasteiger partial charge in [-0.3, -0.25) is 5.41 Å². The maximum Gasteiger partial charge on any atom is 0.132 e. The second-order valence-electron chi connectivity index (χ2n) is 4.30. The molecule has 110 valence electrons. The van der Waals surface area contributed by atoms with Crippen molar-refractivity contribution < 1.29 is 9.47 Å². The number of hydrogen-bond acceptors (Lipinski definition) is 3. The fourth-order valence-electron chi connectivity index (χ4n) is 1.85. The fourth-order valence-corrected chi connectivity index (χ4v) is 2.21. The van der Waals surface area contributed by atoms with E-state index in [2.05, 4.69) is 0 Å². The predicted molar refractivity (Wildman–Crippen MR) is 84.8 cm³/mol. The van der Waals surface area contributed by atoms with Gasteiger partial charge in [-0.05, 0) is 36.4 Å². The number of methoxy groups -OCH3 is 1. The van der Waals surface area contributed by atoms with Crippen LogP contribution in [0.5, 0.6) is 11.5 Å². The molecule has 0 unspecified atom stereocenters. The van der Waals surface area contributed by atoms with Crippen LogP contribution in [0.1, 0.15) is 11.1 Å². The summed E-state index contributed by atoms with van der Waals surface area (Å²) in [5, 5.41) is 8.65. The summed E-state index contributed by atoms with van der Waals surface area (Å²) in [5.74, 6) is 1.03. The van der Waals surface area contributed by atoms with Gasteiger partial charge in [-0.2, -0.15) is 0 Å². The lowest BCUT2D eigenvalue weighted by atomic mass is 10.2. The molecule has 0 saturated heterocycles. The monoisotopic (exact) mass is 324 g/mol. The van der Waals surface area contributed by atoms with Crippen LogP contribution in [-0.4, -0.2) is 12.9 Å². The first-order valence-corrected chi connectivity index (χ1v) is 6.86. The molecular formula is C15H14Cl2N2O2. The zero-order valence-electron chi connectivity index (χ0n) is 11.3. The third-order valence-corrected chi connectivity index (χ3v) is 3.33. The summed E-state index contributed by atoms with van der Waals surface area (Å²) in [6.45, 7) is 0.227. The Balaban J connectivity index is 2.26. The smallest absolute Gasteiger partial charge is 0.132 e. The molecule has 0 aliphatic rings. The summed E-state index contributed by atoms with van der Waals surface area (Å²) in [6, 6.07) is 10.2. The Hall–Kier alpha value is -1.91. The zero-order valence-corrected chi connectivity index (χ0v) is 12.8. The minimum Gasteiger partial charge on any atom is -0.496 e. The summed E-state index contributed by atoms with van der Waals surface area (Å²) in [4.78, 5) is 0. The number of benzene rings is 2. The average molecular weight is 325 g/mol. The topological polar surface area (TPSA) is 68.3 Å². The zero-order chi connectivity index (χ0) is 15.4. The summed E-state index contributed by atoms with van der Waals surface area (Å²) >= 11 is 11.9. The molecule has 3 N–H and O–H groups in total. The fraction of sp³-hybridized carbons (Fsp3) is 0.133. The molecule has 0 radical (unpaired) electrons. The highest BCUT2D eigenvalue weighted by atomic mass is 35.5. The van der Waals surface area contributed by atoms with Gasteiger partial charge >= 0.3 is 0 Å². The van der Waals surface area contributed by atoms with Crippen molar-refractivity contribution in [3.63, 3.8) is 0 Å². The molecule has 0 heterocycles. The van der Waals surface area contributed by atoms with Gasteiger partial charge in [0.2, 0.25) is 0 Å². The number of hydrogen-bond donors (Lipinski definition) is 2. The molecule has 2 rings (SSSR count). The van der Waals surface area contributed by atoms with Gasteiger partial charge in [0, 0.05) is 15.6 Å². The Morgan fingerprint density at radius 3 is 2.43 bits per heavy atom. The molecule has 0 aromatic heterocycles. The third kappa shape index (κ3) is 3.80. The van der Waals surface area contributed by atoms with Crippen LogP contribution in [0, 0.1) is 5.41 Å². The highest BCUT2D eigenvalue weighted by Gasteiger charge is 2.10. The van der Waals surface area contributed by atoms with E-state index in [9.17, 15) is 0 Å². The first-order valence-electron chi connectivity index (χ1n) is 6.10. The molecular weight excluding hydrogens is 311 g/mol. The molecule has 0 atom stereocenters. The molecule has 2 aromatic carbocycles. The third-order valence-electron chi connectivity index (χ3n) is 2.86. The summed E-state index contributed by atoms with van der Waals surface area (Å²) in [6.07, 6.45) is 0. The Labute approximate surface area is 132 Å². The number of nitrogens with two attached hydrogens (primary N) is 1. The minimum atomic E-state index is -0.0836. The molecule has 0 aliphatic heterocycles. The molecule has 0 spiro atoms. The lowest BCUT2D eigenvalue weighted by Crippen LogP contribution is -2.13. The van der Waals surface area contributed by atoms with E-state index in [-0.39, 0.29) is 12.4 Å². The van der Waals surface area contributed by atoms with Crippen LogP contribution >= 0.6 is 23.2 Å². The standard InChI is InChI=1S/C15H14Cl2N2O2/c1-20-13-5-3-10(16)6-9(13)8-21-14-7-11(17)2-4-12(14)15(18)19/h2-7H,8H2,1H3,(H3,18,19).